The smallest absolute Gasteiger partial charge is 0.128 e. The average molecular weight is 291 g/mol. The number of nitrogens with one attached hydrogen (secondary N) is 1. The summed E-state index contributed by atoms with van der Waals surface area (Å²) in [6, 6.07) is 4.29. The maximum absolute atomic E-state index is 5.42. The van der Waals surface area contributed by atoms with Gasteiger partial charge in [-0.05, 0) is 51.2 Å². The third kappa shape index (κ3) is 5.64. The number of anilines is 1. The summed E-state index contributed by atoms with van der Waals surface area (Å²) in [4.78, 5) is 6.86. The van der Waals surface area contributed by atoms with Crippen LogP contribution < -0.4 is 10.2 Å². The largest absolute Gasteiger partial charge is 0.381 e. The molecule has 1 aromatic heterocycles. The molecule has 0 bridgehead atoms. The number of hydrogen-bond donors (Lipinski definition) is 1. The summed E-state index contributed by atoms with van der Waals surface area (Å²) in [5.41, 5.74) is 1.37. The summed E-state index contributed by atoms with van der Waals surface area (Å²) in [7, 11) is 2.13. The fraction of sp³-hybridized carbons (Fsp3) is 0.706. The number of nitrogens with zero attached hydrogens (tertiary/aromatic N) is 2. The lowest BCUT2D eigenvalue weighted by Crippen LogP contribution is -2.35. The Hall–Kier alpha value is -1.13. The van der Waals surface area contributed by atoms with Gasteiger partial charge in [-0.1, -0.05) is 6.07 Å². The standard InChI is InChI=1S/C17H29N3O/c1-17(2,3)19-12-15-5-6-16(18-11-15)20(4)13-14-7-9-21-10-8-14/h5-6,11,14,19H,7-10,12-13H2,1-4H3. The van der Waals surface area contributed by atoms with E-state index in [-0.39, 0.29) is 5.54 Å². The molecule has 1 aliphatic rings. The molecule has 4 nitrogen and oxygen atoms in total. The lowest BCUT2D eigenvalue weighted by Gasteiger charge is -2.28. The van der Waals surface area contributed by atoms with E-state index >= 15 is 0 Å². The van der Waals surface area contributed by atoms with Crippen LogP contribution in [0.15, 0.2) is 18.3 Å². The van der Waals surface area contributed by atoms with Crippen molar-refractivity contribution in [2.75, 3.05) is 31.7 Å². The Labute approximate surface area is 128 Å². The molecule has 0 radical (unpaired) electrons. The van der Waals surface area contributed by atoms with E-state index in [0.29, 0.717) is 0 Å². The molecule has 2 rings (SSSR count). The van der Waals surface area contributed by atoms with E-state index in [9.17, 15) is 0 Å². The highest BCUT2D eigenvalue weighted by atomic mass is 16.5. The van der Waals surface area contributed by atoms with Crippen LogP contribution in [0.1, 0.15) is 39.2 Å². The van der Waals surface area contributed by atoms with Gasteiger partial charge in [0.25, 0.3) is 0 Å². The first kappa shape index (κ1) is 16.2. The van der Waals surface area contributed by atoms with E-state index in [0.717, 1.165) is 50.9 Å². The van der Waals surface area contributed by atoms with Crippen molar-refractivity contribution in [3.05, 3.63) is 23.9 Å². The van der Waals surface area contributed by atoms with E-state index in [4.69, 9.17) is 4.74 Å². The third-order valence-electron chi connectivity index (χ3n) is 3.90. The van der Waals surface area contributed by atoms with Crippen molar-refractivity contribution in [2.45, 2.75) is 45.7 Å². The van der Waals surface area contributed by atoms with Crippen LogP contribution in [-0.2, 0) is 11.3 Å². The maximum Gasteiger partial charge on any atom is 0.128 e. The molecule has 21 heavy (non-hydrogen) atoms. The van der Waals surface area contributed by atoms with Gasteiger partial charge in [-0.25, -0.2) is 4.98 Å². The minimum atomic E-state index is 0.137. The fourth-order valence-corrected chi connectivity index (χ4v) is 2.52. The van der Waals surface area contributed by atoms with Gasteiger partial charge in [0.2, 0.25) is 0 Å². The minimum Gasteiger partial charge on any atom is -0.381 e. The zero-order valence-corrected chi connectivity index (χ0v) is 13.9. The van der Waals surface area contributed by atoms with Crippen molar-refractivity contribution in [1.82, 2.24) is 10.3 Å². The first-order chi connectivity index (χ1) is 9.94. The van der Waals surface area contributed by atoms with Crippen molar-refractivity contribution in [3.63, 3.8) is 0 Å². The zero-order chi connectivity index (χ0) is 15.3. The van der Waals surface area contributed by atoms with Gasteiger partial charge in [-0.2, -0.15) is 0 Å². The molecular weight excluding hydrogens is 262 g/mol. The highest BCUT2D eigenvalue weighted by molar-refractivity contribution is 5.38. The Balaban J connectivity index is 1.85. The number of ether oxygens (including phenoxy) is 1. The van der Waals surface area contributed by atoms with E-state index in [1.807, 2.05) is 6.20 Å². The molecular formula is C17H29N3O. The summed E-state index contributed by atoms with van der Waals surface area (Å²) < 4.78 is 5.42. The summed E-state index contributed by atoms with van der Waals surface area (Å²) in [5, 5.41) is 3.49. The fourth-order valence-electron chi connectivity index (χ4n) is 2.52. The molecule has 0 saturated carbocycles. The maximum atomic E-state index is 5.42. The molecule has 118 valence electrons. The van der Waals surface area contributed by atoms with Gasteiger partial charge in [0.1, 0.15) is 5.82 Å². The van der Waals surface area contributed by atoms with Crippen molar-refractivity contribution in [3.8, 4) is 0 Å². The Morgan fingerprint density at radius 3 is 2.57 bits per heavy atom. The molecule has 0 amide bonds. The lowest BCUT2D eigenvalue weighted by molar-refractivity contribution is 0.0685. The molecule has 1 N–H and O–H groups in total. The lowest BCUT2D eigenvalue weighted by atomic mass is 10.00. The predicted molar refractivity (Wildman–Crippen MR) is 87.6 cm³/mol. The second-order valence-electron chi connectivity index (χ2n) is 7.06. The first-order valence-corrected chi connectivity index (χ1v) is 7.93. The van der Waals surface area contributed by atoms with E-state index in [2.05, 4.69) is 55.2 Å². The molecule has 0 aromatic carbocycles. The summed E-state index contributed by atoms with van der Waals surface area (Å²) >= 11 is 0. The number of aromatic nitrogens is 1. The van der Waals surface area contributed by atoms with E-state index in [1.54, 1.807) is 0 Å². The van der Waals surface area contributed by atoms with E-state index in [1.165, 1.54) is 5.56 Å². The molecule has 0 atom stereocenters. The average Bonchev–Trinajstić information content (AvgIpc) is 2.46. The highest BCUT2D eigenvalue weighted by Crippen LogP contribution is 2.18. The van der Waals surface area contributed by atoms with Gasteiger partial charge in [-0.3, -0.25) is 0 Å². The Morgan fingerprint density at radius 2 is 2.00 bits per heavy atom. The second kappa shape index (κ2) is 7.23. The van der Waals surface area contributed by atoms with Crippen molar-refractivity contribution >= 4 is 5.82 Å². The van der Waals surface area contributed by atoms with Gasteiger partial charge in [0.05, 0.1) is 0 Å². The van der Waals surface area contributed by atoms with Crippen molar-refractivity contribution in [1.29, 1.82) is 0 Å². The van der Waals surface area contributed by atoms with Crippen LogP contribution in [0, 0.1) is 5.92 Å². The Kier molecular flexibility index (Phi) is 5.59. The topological polar surface area (TPSA) is 37.4 Å². The summed E-state index contributed by atoms with van der Waals surface area (Å²) in [6.45, 7) is 10.3. The molecule has 4 heteroatoms. The van der Waals surface area contributed by atoms with Crippen LogP contribution in [0.25, 0.3) is 0 Å². The highest BCUT2D eigenvalue weighted by Gasteiger charge is 2.16. The van der Waals surface area contributed by atoms with Gasteiger partial charge in [0.15, 0.2) is 0 Å². The minimum absolute atomic E-state index is 0.137. The normalized spacial score (nSPS) is 17.0. The number of hydrogen-bond acceptors (Lipinski definition) is 4. The predicted octanol–water partition coefficient (Wildman–Crippen LogP) is 2.83. The number of pyridine rings is 1. The number of rotatable bonds is 5. The van der Waals surface area contributed by atoms with Crippen LogP contribution in [0.2, 0.25) is 0 Å². The Bertz CT molecular complexity index is 419. The van der Waals surface area contributed by atoms with Crippen molar-refractivity contribution in [2.24, 2.45) is 5.92 Å². The van der Waals surface area contributed by atoms with Gasteiger partial charge in [0, 0.05) is 45.1 Å². The monoisotopic (exact) mass is 291 g/mol. The quantitative estimate of drug-likeness (QED) is 0.905. The van der Waals surface area contributed by atoms with Crippen LogP contribution >= 0.6 is 0 Å². The summed E-state index contributed by atoms with van der Waals surface area (Å²) in [6.07, 6.45) is 4.31. The van der Waals surface area contributed by atoms with Crippen LogP contribution in [-0.4, -0.2) is 37.3 Å². The molecule has 0 aliphatic carbocycles. The molecule has 0 unspecified atom stereocenters. The third-order valence-corrected chi connectivity index (χ3v) is 3.90. The summed E-state index contributed by atoms with van der Waals surface area (Å²) in [5.74, 6) is 1.79. The molecule has 1 fully saturated rings. The van der Waals surface area contributed by atoms with Crippen molar-refractivity contribution < 1.29 is 4.74 Å². The van der Waals surface area contributed by atoms with Crippen LogP contribution in [0.4, 0.5) is 5.82 Å². The Morgan fingerprint density at radius 1 is 1.29 bits per heavy atom. The van der Waals surface area contributed by atoms with Gasteiger partial charge in [-0.15, -0.1) is 0 Å². The molecule has 0 spiro atoms. The van der Waals surface area contributed by atoms with Gasteiger partial charge < -0.3 is 15.0 Å². The molecule has 1 saturated heterocycles. The zero-order valence-electron chi connectivity index (χ0n) is 13.9. The van der Waals surface area contributed by atoms with E-state index < -0.39 is 0 Å². The second-order valence-corrected chi connectivity index (χ2v) is 7.06. The molecule has 2 heterocycles. The first-order valence-electron chi connectivity index (χ1n) is 7.93. The molecule has 1 aliphatic heterocycles. The van der Waals surface area contributed by atoms with Gasteiger partial charge >= 0.3 is 0 Å². The SMILES string of the molecule is CN(CC1CCOCC1)c1ccc(CNC(C)(C)C)cn1. The van der Waals surface area contributed by atoms with Crippen LogP contribution in [0.5, 0.6) is 0 Å². The van der Waals surface area contributed by atoms with Crippen LogP contribution in [0.3, 0.4) is 0 Å². The molecule has 1 aromatic rings.